The van der Waals surface area contributed by atoms with Gasteiger partial charge in [0.2, 0.25) is 0 Å². The molecule has 2 fully saturated rings. The molecule has 2 N–H and O–H groups in total. The molecule has 0 amide bonds. The Bertz CT molecular complexity index is 767. The summed E-state index contributed by atoms with van der Waals surface area (Å²) in [6.45, 7) is 20.0. The van der Waals surface area contributed by atoms with E-state index >= 15 is 0 Å². The van der Waals surface area contributed by atoms with E-state index in [4.69, 9.17) is 5.73 Å². The van der Waals surface area contributed by atoms with Gasteiger partial charge in [-0.3, -0.25) is 0 Å². The molecule has 0 bridgehead atoms. The molecule has 4 aliphatic rings. The molecule has 0 saturated heterocycles. The minimum Gasteiger partial charge on any atom is -0.327 e. The predicted octanol–water partition coefficient (Wildman–Crippen LogP) is 8.45. The fourth-order valence-electron chi connectivity index (χ4n) is 9.51. The van der Waals surface area contributed by atoms with Gasteiger partial charge in [-0.15, -0.1) is 0 Å². The average Bonchev–Trinajstić information content (AvgIpc) is 2.96. The van der Waals surface area contributed by atoms with Gasteiger partial charge in [-0.2, -0.15) is 0 Å². The van der Waals surface area contributed by atoms with Crippen LogP contribution in [-0.2, 0) is 0 Å². The zero-order chi connectivity index (χ0) is 22.8. The third-order valence-electron chi connectivity index (χ3n) is 11.8. The maximum atomic E-state index is 6.67. The van der Waals surface area contributed by atoms with Crippen LogP contribution in [0.25, 0.3) is 0 Å². The number of fused-ring (bicyclic) bond motifs is 4. The molecular formula is C30H51N. The molecule has 176 valence electrons. The highest BCUT2D eigenvalue weighted by Crippen LogP contribution is 2.72. The first-order valence-corrected chi connectivity index (χ1v) is 13.5. The first-order valence-electron chi connectivity index (χ1n) is 13.5. The van der Waals surface area contributed by atoms with Crippen molar-refractivity contribution < 1.29 is 0 Å². The van der Waals surface area contributed by atoms with E-state index in [9.17, 15) is 0 Å². The van der Waals surface area contributed by atoms with E-state index in [1.165, 1.54) is 69.8 Å². The topological polar surface area (TPSA) is 26.0 Å². The Labute approximate surface area is 193 Å². The largest absolute Gasteiger partial charge is 0.327 e. The van der Waals surface area contributed by atoms with Crippen molar-refractivity contribution in [2.45, 2.75) is 126 Å². The van der Waals surface area contributed by atoms with Gasteiger partial charge in [0.15, 0.2) is 0 Å². The Morgan fingerprint density at radius 2 is 1.68 bits per heavy atom. The zero-order valence-corrected chi connectivity index (χ0v) is 22.0. The van der Waals surface area contributed by atoms with Crippen molar-refractivity contribution in [1.82, 2.24) is 0 Å². The number of nitrogens with two attached hydrogens (primary N) is 1. The molecule has 31 heavy (non-hydrogen) atoms. The van der Waals surface area contributed by atoms with E-state index in [2.05, 4.69) is 61.5 Å². The number of allylic oxidation sites excluding steroid dienone is 4. The Morgan fingerprint density at radius 1 is 0.968 bits per heavy atom. The Balaban J connectivity index is 1.65. The molecule has 1 nitrogen and oxygen atoms in total. The van der Waals surface area contributed by atoms with Crippen LogP contribution in [0.5, 0.6) is 0 Å². The molecular weight excluding hydrogens is 374 g/mol. The summed E-state index contributed by atoms with van der Waals surface area (Å²) < 4.78 is 0. The Kier molecular flexibility index (Phi) is 5.90. The first kappa shape index (κ1) is 23.6. The van der Waals surface area contributed by atoms with Gasteiger partial charge in [-0.25, -0.2) is 0 Å². The highest BCUT2D eigenvalue weighted by atomic mass is 14.7. The molecule has 0 aromatic carbocycles. The van der Waals surface area contributed by atoms with Crippen molar-refractivity contribution in [3.05, 3.63) is 22.8 Å². The van der Waals surface area contributed by atoms with Gasteiger partial charge in [0.25, 0.3) is 0 Å². The molecule has 0 aromatic rings. The average molecular weight is 426 g/mol. The summed E-state index contributed by atoms with van der Waals surface area (Å²) in [6, 6.07) is 0.370. The van der Waals surface area contributed by atoms with E-state index < -0.39 is 0 Å². The van der Waals surface area contributed by atoms with Crippen LogP contribution in [0.15, 0.2) is 22.8 Å². The molecule has 1 heteroatoms. The van der Waals surface area contributed by atoms with Gasteiger partial charge >= 0.3 is 0 Å². The SMILES string of the molecule is CC(C)=CCC[C@@H](C)[C@H]1CC[C@@]2(C)C3=C(CC[C@@]12C)[C@@]1(C)CCC(N)C(C)(C)C1CC3. The maximum absolute atomic E-state index is 6.67. The monoisotopic (exact) mass is 425 g/mol. The van der Waals surface area contributed by atoms with Gasteiger partial charge in [-0.1, -0.05) is 64.3 Å². The summed E-state index contributed by atoms with van der Waals surface area (Å²) in [5.74, 6) is 2.48. The van der Waals surface area contributed by atoms with Gasteiger partial charge in [-0.05, 0) is 117 Å². The summed E-state index contributed by atoms with van der Waals surface area (Å²) in [7, 11) is 0. The fraction of sp³-hybridized carbons (Fsp3) is 0.867. The number of hydrogen-bond donors (Lipinski definition) is 1. The second kappa shape index (κ2) is 7.75. The van der Waals surface area contributed by atoms with Gasteiger partial charge < -0.3 is 5.73 Å². The lowest BCUT2D eigenvalue weighted by molar-refractivity contribution is -0.0301. The molecule has 7 atom stereocenters. The van der Waals surface area contributed by atoms with Gasteiger partial charge in [0.05, 0.1) is 0 Å². The zero-order valence-electron chi connectivity index (χ0n) is 22.0. The molecule has 4 rings (SSSR count). The van der Waals surface area contributed by atoms with Crippen molar-refractivity contribution in [2.24, 2.45) is 45.1 Å². The Hall–Kier alpha value is -0.560. The van der Waals surface area contributed by atoms with Crippen molar-refractivity contribution in [3.8, 4) is 0 Å². The standard InChI is InChI=1S/C30H51N/c1-20(2)10-9-11-21(3)22-14-18-30(8)24-12-13-25-27(4,5)26(31)16-17-28(25,6)23(24)15-19-29(22,30)7/h10,21-22,25-26H,9,11-19,31H2,1-8H3/t21-,22-,25?,26?,28-,29+,30+/m1/s1. The highest BCUT2D eigenvalue weighted by molar-refractivity contribution is 5.38. The fourth-order valence-corrected chi connectivity index (χ4v) is 9.51. The summed E-state index contributed by atoms with van der Waals surface area (Å²) in [5, 5.41) is 0. The van der Waals surface area contributed by atoms with Crippen LogP contribution < -0.4 is 5.73 Å². The molecule has 2 unspecified atom stereocenters. The van der Waals surface area contributed by atoms with Crippen LogP contribution in [0, 0.1) is 39.4 Å². The lowest BCUT2D eigenvalue weighted by Gasteiger charge is -2.62. The first-order chi connectivity index (χ1) is 14.4. The third-order valence-corrected chi connectivity index (χ3v) is 11.8. The van der Waals surface area contributed by atoms with E-state index in [1.54, 1.807) is 0 Å². The second-order valence-corrected chi connectivity index (χ2v) is 13.7. The minimum atomic E-state index is 0.269. The summed E-state index contributed by atoms with van der Waals surface area (Å²) >= 11 is 0. The molecule has 0 aliphatic heterocycles. The van der Waals surface area contributed by atoms with Crippen LogP contribution >= 0.6 is 0 Å². The van der Waals surface area contributed by atoms with Crippen molar-refractivity contribution in [2.75, 3.05) is 0 Å². The second-order valence-electron chi connectivity index (χ2n) is 13.7. The summed E-state index contributed by atoms with van der Waals surface area (Å²) in [4.78, 5) is 0. The van der Waals surface area contributed by atoms with E-state index in [0.717, 1.165) is 17.8 Å². The number of rotatable bonds is 4. The predicted molar refractivity (Wildman–Crippen MR) is 135 cm³/mol. The van der Waals surface area contributed by atoms with E-state index in [-0.39, 0.29) is 5.41 Å². The van der Waals surface area contributed by atoms with Crippen LogP contribution in [0.1, 0.15) is 120 Å². The quantitative estimate of drug-likeness (QED) is 0.449. The lowest BCUT2D eigenvalue weighted by atomic mass is 9.43. The molecule has 0 aromatic heterocycles. The number of hydrogen-bond acceptors (Lipinski definition) is 1. The summed E-state index contributed by atoms with van der Waals surface area (Å²) in [6.07, 6.45) is 15.9. The maximum Gasteiger partial charge on any atom is 0.00935 e. The normalized spacial score (nSPS) is 44.9. The molecule has 0 radical (unpaired) electrons. The van der Waals surface area contributed by atoms with Crippen molar-refractivity contribution >= 4 is 0 Å². The van der Waals surface area contributed by atoms with Gasteiger partial charge in [0.1, 0.15) is 0 Å². The van der Waals surface area contributed by atoms with Crippen LogP contribution in [0.3, 0.4) is 0 Å². The third kappa shape index (κ3) is 3.34. The van der Waals surface area contributed by atoms with E-state index in [0.29, 0.717) is 22.3 Å². The van der Waals surface area contributed by atoms with Crippen LogP contribution in [-0.4, -0.2) is 6.04 Å². The summed E-state index contributed by atoms with van der Waals surface area (Å²) in [5.41, 5.74) is 13.5. The van der Waals surface area contributed by atoms with Crippen LogP contribution in [0.4, 0.5) is 0 Å². The van der Waals surface area contributed by atoms with Crippen LogP contribution in [0.2, 0.25) is 0 Å². The van der Waals surface area contributed by atoms with Gasteiger partial charge in [0, 0.05) is 6.04 Å². The van der Waals surface area contributed by atoms with Crippen molar-refractivity contribution in [1.29, 1.82) is 0 Å². The molecule has 0 spiro atoms. The van der Waals surface area contributed by atoms with E-state index in [1.807, 2.05) is 11.1 Å². The lowest BCUT2D eigenvalue weighted by Crippen LogP contribution is -2.57. The van der Waals surface area contributed by atoms with Crippen molar-refractivity contribution in [3.63, 3.8) is 0 Å². The molecule has 2 saturated carbocycles. The minimum absolute atomic E-state index is 0.269. The highest BCUT2D eigenvalue weighted by Gasteiger charge is 2.63. The Morgan fingerprint density at radius 3 is 2.35 bits per heavy atom. The molecule has 4 aliphatic carbocycles. The molecule has 0 heterocycles. The smallest absolute Gasteiger partial charge is 0.00935 e.